The number of amidine groups is 1. The van der Waals surface area contributed by atoms with Crippen LogP contribution in [0, 0.1) is 5.92 Å². The molecule has 0 radical (unpaired) electrons. The Kier molecular flexibility index (Phi) is 6.02. The van der Waals surface area contributed by atoms with Crippen molar-refractivity contribution in [2.45, 2.75) is 12.8 Å². The van der Waals surface area contributed by atoms with E-state index in [0.29, 0.717) is 6.42 Å². The van der Waals surface area contributed by atoms with Crippen LogP contribution in [0.4, 0.5) is 0 Å². The molecular formula is C13H18N4O3. The summed E-state index contributed by atoms with van der Waals surface area (Å²) in [5, 5.41) is 14.2. The van der Waals surface area contributed by atoms with Gasteiger partial charge in [-0.2, -0.15) is 0 Å². The summed E-state index contributed by atoms with van der Waals surface area (Å²) in [5.41, 5.74) is 11.4. The first-order chi connectivity index (χ1) is 9.54. The number of carbonyl (C=O) groups excluding carboxylic acids is 2. The van der Waals surface area contributed by atoms with Crippen LogP contribution in [-0.2, 0) is 16.0 Å². The summed E-state index contributed by atoms with van der Waals surface area (Å²) in [7, 11) is 0. The highest BCUT2D eigenvalue weighted by atomic mass is 16.4. The Morgan fingerprint density at radius 3 is 2.45 bits per heavy atom. The maximum absolute atomic E-state index is 12.0. The van der Waals surface area contributed by atoms with Gasteiger partial charge in [-0.05, 0) is 12.0 Å². The Morgan fingerprint density at radius 2 is 1.90 bits per heavy atom. The molecule has 1 aromatic carbocycles. The molecule has 0 aliphatic rings. The highest BCUT2D eigenvalue weighted by Crippen LogP contribution is 2.09. The molecule has 20 heavy (non-hydrogen) atoms. The zero-order valence-electron chi connectivity index (χ0n) is 11.0. The van der Waals surface area contributed by atoms with Crippen molar-refractivity contribution < 1.29 is 14.8 Å². The van der Waals surface area contributed by atoms with E-state index in [4.69, 9.17) is 16.7 Å². The number of rotatable bonds is 7. The van der Waals surface area contributed by atoms with E-state index < -0.39 is 17.7 Å². The normalized spacial score (nSPS) is 12.7. The first-order valence-corrected chi connectivity index (χ1v) is 6.12. The van der Waals surface area contributed by atoms with Gasteiger partial charge in [0.25, 0.3) is 0 Å². The van der Waals surface area contributed by atoms with Crippen LogP contribution < -0.4 is 16.8 Å². The molecule has 0 saturated carbocycles. The highest BCUT2D eigenvalue weighted by molar-refractivity contribution is 6.02. The second-order valence-corrected chi connectivity index (χ2v) is 4.27. The summed E-state index contributed by atoms with van der Waals surface area (Å²) in [6.45, 7) is 0.123. The first kappa shape index (κ1) is 15.5. The molecule has 0 saturated heterocycles. The average molecular weight is 278 g/mol. The average Bonchev–Trinajstić information content (AvgIpc) is 2.44. The number of nitrogens with two attached hydrogens (primary N) is 2. The van der Waals surface area contributed by atoms with Gasteiger partial charge >= 0.3 is 0 Å². The lowest BCUT2D eigenvalue weighted by Gasteiger charge is -2.15. The predicted molar refractivity (Wildman–Crippen MR) is 73.9 cm³/mol. The second kappa shape index (κ2) is 7.78. The molecule has 0 fully saturated rings. The molecule has 0 aromatic heterocycles. The van der Waals surface area contributed by atoms with Gasteiger partial charge in [0.1, 0.15) is 5.92 Å². The molecule has 0 aliphatic carbocycles. The van der Waals surface area contributed by atoms with E-state index in [2.05, 4.69) is 10.5 Å². The van der Waals surface area contributed by atoms with Crippen molar-refractivity contribution in [3.05, 3.63) is 35.9 Å². The molecular weight excluding hydrogens is 260 g/mol. The Bertz CT molecular complexity index is 488. The van der Waals surface area contributed by atoms with Crippen molar-refractivity contribution >= 4 is 17.6 Å². The van der Waals surface area contributed by atoms with Gasteiger partial charge in [-0.25, -0.2) is 0 Å². The van der Waals surface area contributed by atoms with Crippen LogP contribution in [0.15, 0.2) is 35.5 Å². The standard InChI is InChI=1S/C13H18N4O3/c14-11(18)6-7-16-13(19)10(12(15)17-20)8-9-4-2-1-3-5-9/h1-5,10,20H,6-8H2,(H2,14,18)(H2,15,17)(H,16,19). The van der Waals surface area contributed by atoms with Gasteiger partial charge in [0, 0.05) is 13.0 Å². The maximum atomic E-state index is 12.0. The third-order valence-corrected chi connectivity index (χ3v) is 2.74. The molecule has 0 aliphatic heterocycles. The summed E-state index contributed by atoms with van der Waals surface area (Å²) in [5.74, 6) is -1.89. The number of carbonyl (C=O) groups is 2. The van der Waals surface area contributed by atoms with Crippen molar-refractivity contribution in [3.8, 4) is 0 Å². The Morgan fingerprint density at radius 1 is 1.25 bits per heavy atom. The topological polar surface area (TPSA) is 131 Å². The number of oxime groups is 1. The molecule has 7 heteroatoms. The van der Waals surface area contributed by atoms with Crippen LogP contribution in [0.2, 0.25) is 0 Å². The first-order valence-electron chi connectivity index (χ1n) is 6.12. The van der Waals surface area contributed by atoms with Crippen molar-refractivity contribution in [2.75, 3.05) is 6.54 Å². The van der Waals surface area contributed by atoms with Gasteiger partial charge in [-0.1, -0.05) is 35.5 Å². The number of amides is 2. The van der Waals surface area contributed by atoms with Crippen molar-refractivity contribution in [3.63, 3.8) is 0 Å². The molecule has 7 nitrogen and oxygen atoms in total. The van der Waals surface area contributed by atoms with Gasteiger partial charge in [-0.3, -0.25) is 9.59 Å². The van der Waals surface area contributed by atoms with E-state index in [1.54, 1.807) is 0 Å². The summed E-state index contributed by atoms with van der Waals surface area (Å²) >= 11 is 0. The summed E-state index contributed by atoms with van der Waals surface area (Å²) in [6, 6.07) is 9.21. The zero-order chi connectivity index (χ0) is 15.0. The van der Waals surface area contributed by atoms with Crippen LogP contribution >= 0.6 is 0 Å². The van der Waals surface area contributed by atoms with Gasteiger partial charge in [0.15, 0.2) is 5.84 Å². The quantitative estimate of drug-likeness (QED) is 0.233. The largest absolute Gasteiger partial charge is 0.409 e. The third-order valence-electron chi connectivity index (χ3n) is 2.74. The molecule has 1 rings (SSSR count). The minimum absolute atomic E-state index is 0.0416. The van der Waals surface area contributed by atoms with Gasteiger partial charge in [0.05, 0.1) is 0 Å². The lowest BCUT2D eigenvalue weighted by Crippen LogP contribution is -2.41. The van der Waals surface area contributed by atoms with Crippen LogP contribution in [0.3, 0.4) is 0 Å². The molecule has 0 heterocycles. The van der Waals surface area contributed by atoms with E-state index in [1.165, 1.54) is 0 Å². The van der Waals surface area contributed by atoms with Crippen LogP contribution in [0.5, 0.6) is 0 Å². The van der Waals surface area contributed by atoms with Gasteiger partial charge in [0.2, 0.25) is 11.8 Å². The Labute approximate surface area is 116 Å². The highest BCUT2D eigenvalue weighted by Gasteiger charge is 2.23. The number of hydrogen-bond acceptors (Lipinski definition) is 4. The van der Waals surface area contributed by atoms with Crippen molar-refractivity contribution in [1.29, 1.82) is 0 Å². The Hall–Kier alpha value is -2.57. The molecule has 0 bridgehead atoms. The van der Waals surface area contributed by atoms with Crippen LogP contribution in [0.1, 0.15) is 12.0 Å². The number of nitrogens with one attached hydrogen (secondary N) is 1. The minimum atomic E-state index is -0.796. The fraction of sp³-hybridized carbons (Fsp3) is 0.308. The van der Waals surface area contributed by atoms with E-state index >= 15 is 0 Å². The van der Waals surface area contributed by atoms with Crippen LogP contribution in [-0.4, -0.2) is 29.4 Å². The van der Waals surface area contributed by atoms with Crippen molar-refractivity contribution in [1.82, 2.24) is 5.32 Å². The number of hydrogen-bond donors (Lipinski definition) is 4. The van der Waals surface area contributed by atoms with Gasteiger partial charge in [-0.15, -0.1) is 0 Å². The van der Waals surface area contributed by atoms with E-state index in [-0.39, 0.29) is 18.8 Å². The minimum Gasteiger partial charge on any atom is -0.409 e. The van der Waals surface area contributed by atoms with E-state index in [9.17, 15) is 9.59 Å². The van der Waals surface area contributed by atoms with Crippen LogP contribution in [0.25, 0.3) is 0 Å². The smallest absolute Gasteiger partial charge is 0.231 e. The van der Waals surface area contributed by atoms with E-state index in [0.717, 1.165) is 5.56 Å². The third kappa shape index (κ3) is 4.97. The van der Waals surface area contributed by atoms with Crippen molar-refractivity contribution in [2.24, 2.45) is 22.5 Å². The maximum Gasteiger partial charge on any atom is 0.231 e. The molecule has 2 amide bonds. The number of nitrogens with zero attached hydrogens (tertiary/aromatic N) is 1. The summed E-state index contributed by atoms with van der Waals surface area (Å²) in [6.07, 6.45) is 0.346. The fourth-order valence-corrected chi connectivity index (χ4v) is 1.68. The predicted octanol–water partition coefficient (Wildman–Crippen LogP) is -0.417. The Balaban J connectivity index is 2.69. The SMILES string of the molecule is NC(=O)CCNC(=O)C(Cc1ccccc1)C(N)=NO. The lowest BCUT2D eigenvalue weighted by atomic mass is 9.97. The molecule has 1 aromatic rings. The second-order valence-electron chi connectivity index (χ2n) is 4.27. The van der Waals surface area contributed by atoms with E-state index in [1.807, 2.05) is 30.3 Å². The molecule has 0 spiro atoms. The molecule has 1 unspecified atom stereocenters. The monoisotopic (exact) mass is 278 g/mol. The zero-order valence-corrected chi connectivity index (χ0v) is 11.0. The molecule has 1 atom stereocenters. The van der Waals surface area contributed by atoms with Gasteiger partial charge < -0.3 is 22.0 Å². The molecule has 6 N–H and O–H groups in total. The summed E-state index contributed by atoms with van der Waals surface area (Å²) in [4.78, 5) is 22.6. The lowest BCUT2D eigenvalue weighted by molar-refractivity contribution is -0.123. The summed E-state index contributed by atoms with van der Waals surface area (Å²) < 4.78 is 0. The molecule has 108 valence electrons. The number of benzene rings is 1. The number of primary amides is 1. The fourth-order valence-electron chi connectivity index (χ4n) is 1.68.